The first-order valence-electron chi connectivity index (χ1n) is 18.4. The molecule has 7 fully saturated rings. The first-order chi connectivity index (χ1) is 22.5. The Hall–Kier alpha value is -2.45. The molecule has 7 nitrogen and oxygen atoms in total. The fourth-order valence-electron chi connectivity index (χ4n) is 11.8. The van der Waals surface area contributed by atoms with Gasteiger partial charge in [-0.15, -0.1) is 0 Å². The first-order valence-corrected chi connectivity index (χ1v) is 18.4. The predicted molar refractivity (Wildman–Crippen MR) is 184 cm³/mol. The van der Waals surface area contributed by atoms with Gasteiger partial charge >= 0.3 is 6.03 Å². The number of likely N-dealkylation sites (tertiary alicyclic amines) is 1. The van der Waals surface area contributed by atoms with Crippen LogP contribution in [-0.4, -0.2) is 46.8 Å². The Morgan fingerprint density at radius 1 is 0.915 bits per heavy atom. The highest BCUT2D eigenvalue weighted by Gasteiger charge is 2.52. The topological polar surface area (TPSA) is 83.1 Å². The van der Waals surface area contributed by atoms with E-state index in [1.54, 1.807) is 0 Å². The molecule has 0 radical (unpaired) electrons. The van der Waals surface area contributed by atoms with Crippen LogP contribution >= 0.6 is 0 Å². The minimum Gasteiger partial charge on any atom is -0.392 e. The summed E-state index contributed by atoms with van der Waals surface area (Å²) in [4.78, 5) is 16.1. The van der Waals surface area contributed by atoms with Gasteiger partial charge in [-0.3, -0.25) is 4.90 Å². The molecular formula is C40H55N3O4. The van der Waals surface area contributed by atoms with Crippen LogP contribution < -0.4 is 10.6 Å². The summed E-state index contributed by atoms with van der Waals surface area (Å²) in [5, 5.41) is 16.3. The monoisotopic (exact) mass is 641 g/mol. The highest BCUT2D eigenvalue weighted by atomic mass is 16.7. The number of aliphatic hydroxyl groups is 1. The van der Waals surface area contributed by atoms with Crippen molar-refractivity contribution in [2.24, 2.45) is 34.5 Å². The van der Waals surface area contributed by atoms with Crippen LogP contribution in [0.15, 0.2) is 48.5 Å². The number of urea groups is 1. The highest BCUT2D eigenvalue weighted by molar-refractivity contribution is 5.90. The molecule has 3 N–H and O–H groups in total. The third-order valence-corrected chi connectivity index (χ3v) is 12.9. The molecule has 2 heterocycles. The van der Waals surface area contributed by atoms with Crippen LogP contribution in [0.25, 0.3) is 0 Å². The summed E-state index contributed by atoms with van der Waals surface area (Å²) in [6.07, 6.45) is 10.5. The molecule has 6 bridgehead atoms. The molecule has 7 aliphatic rings. The van der Waals surface area contributed by atoms with E-state index in [0.717, 1.165) is 72.5 Å². The van der Waals surface area contributed by atoms with Crippen molar-refractivity contribution in [1.82, 2.24) is 10.2 Å². The van der Waals surface area contributed by atoms with E-state index in [2.05, 4.69) is 61.4 Å². The summed E-state index contributed by atoms with van der Waals surface area (Å²) in [6.45, 7) is 11.6. The minimum absolute atomic E-state index is 0.0154. The number of nitrogens with zero attached hydrogens (tertiary/aromatic N) is 1. The Morgan fingerprint density at radius 2 is 1.62 bits per heavy atom. The van der Waals surface area contributed by atoms with Gasteiger partial charge in [0.05, 0.1) is 18.8 Å². The molecule has 0 spiro atoms. The van der Waals surface area contributed by atoms with Gasteiger partial charge in [0.15, 0.2) is 6.29 Å². The van der Waals surface area contributed by atoms with Gasteiger partial charge in [-0.2, -0.15) is 0 Å². The Kier molecular flexibility index (Phi) is 8.02. The van der Waals surface area contributed by atoms with Gasteiger partial charge in [-0.05, 0) is 110 Å². The van der Waals surface area contributed by atoms with Gasteiger partial charge in [0.2, 0.25) is 0 Å². The number of carbonyl (C=O) groups excluding carboxylic acids is 1. The number of fused-ring (bicyclic) bond motifs is 2. The Bertz CT molecular complexity index is 1440. The average Bonchev–Trinajstić information content (AvgIpc) is 3.24. The van der Waals surface area contributed by atoms with Crippen LogP contribution in [0.2, 0.25) is 0 Å². The van der Waals surface area contributed by atoms with Gasteiger partial charge in [-0.1, -0.05) is 64.1 Å². The van der Waals surface area contributed by atoms with Crippen molar-refractivity contribution < 1.29 is 19.4 Å². The first kappa shape index (κ1) is 31.8. The predicted octanol–water partition coefficient (Wildman–Crippen LogP) is 7.96. The van der Waals surface area contributed by atoms with E-state index in [4.69, 9.17) is 9.47 Å². The van der Waals surface area contributed by atoms with Crippen molar-refractivity contribution >= 4 is 11.7 Å². The molecule has 47 heavy (non-hydrogen) atoms. The van der Waals surface area contributed by atoms with Crippen molar-refractivity contribution in [3.05, 3.63) is 65.2 Å². The highest BCUT2D eigenvalue weighted by Crippen LogP contribution is 2.56. The quantitative estimate of drug-likeness (QED) is 0.286. The molecule has 2 aromatic carbocycles. The molecule has 2 aliphatic heterocycles. The second-order valence-electron chi connectivity index (χ2n) is 17.9. The summed E-state index contributed by atoms with van der Waals surface area (Å²) in [5.74, 6) is 2.48. The minimum atomic E-state index is -0.555. The maximum Gasteiger partial charge on any atom is 0.319 e. The number of aliphatic hydroxyl groups excluding tert-OH is 1. The number of carbonyl (C=O) groups is 1. The third-order valence-electron chi connectivity index (χ3n) is 12.9. The smallest absolute Gasteiger partial charge is 0.319 e. The average molecular weight is 642 g/mol. The van der Waals surface area contributed by atoms with E-state index < -0.39 is 6.29 Å². The van der Waals surface area contributed by atoms with E-state index >= 15 is 0 Å². The molecule has 2 amide bonds. The lowest BCUT2D eigenvalue weighted by Gasteiger charge is -2.56. The lowest BCUT2D eigenvalue weighted by atomic mass is 9.53. The van der Waals surface area contributed by atoms with Crippen LogP contribution in [0, 0.1) is 34.5 Å². The van der Waals surface area contributed by atoms with E-state index in [1.807, 2.05) is 30.3 Å². The Morgan fingerprint density at radius 3 is 2.30 bits per heavy atom. The normalized spacial score (nSPS) is 40.4. The van der Waals surface area contributed by atoms with Crippen molar-refractivity contribution in [3.63, 3.8) is 0 Å². The van der Waals surface area contributed by atoms with Crippen LogP contribution in [0.1, 0.15) is 115 Å². The molecule has 2 unspecified atom stereocenters. The zero-order valence-corrected chi connectivity index (χ0v) is 28.8. The zero-order chi connectivity index (χ0) is 32.6. The third kappa shape index (κ3) is 6.38. The maximum absolute atomic E-state index is 13.4. The van der Waals surface area contributed by atoms with Crippen LogP contribution in [0.3, 0.4) is 0 Å². The van der Waals surface area contributed by atoms with Gasteiger partial charge in [0.1, 0.15) is 0 Å². The molecule has 7 heteroatoms. The number of rotatable bonds is 7. The molecule has 2 aromatic rings. The van der Waals surface area contributed by atoms with E-state index in [0.29, 0.717) is 16.9 Å². The number of hydrogen-bond donors (Lipinski definition) is 3. The fourth-order valence-corrected chi connectivity index (χ4v) is 11.8. The summed E-state index contributed by atoms with van der Waals surface area (Å²) in [5.41, 5.74) is 4.37. The number of amides is 2. The van der Waals surface area contributed by atoms with Gasteiger partial charge < -0.3 is 25.2 Å². The largest absolute Gasteiger partial charge is 0.392 e. The number of benzene rings is 2. The van der Waals surface area contributed by atoms with E-state index in [1.165, 1.54) is 38.5 Å². The lowest BCUT2D eigenvalue weighted by molar-refractivity contribution is -0.276. The molecule has 9 rings (SSSR count). The standard InChI is InChI=1S/C40H55N3O4/c1-25-34(21-43-24-39(4)20-33(43)19-38(2,3)23-39)46-36(47-35(25)30-10-8-26(22-44)9-11-30)31-6-5-7-32(15-31)41-37(45)42-40-16-27-12-28(17-40)14-29(13-27)18-40/h5-11,15,25,27-29,33-36,44H,12-14,16-24H2,1-4H3,(H2,41,42,45)/t25-,27?,28?,29?,33?,34+,35+,36+,39?,40?/m1/s1. The lowest BCUT2D eigenvalue weighted by Crippen LogP contribution is -2.60. The van der Waals surface area contributed by atoms with Gasteiger partial charge in [-0.25, -0.2) is 4.79 Å². The fraction of sp³-hybridized carbons (Fsp3) is 0.675. The Balaban J connectivity index is 1.01. The summed E-state index contributed by atoms with van der Waals surface area (Å²) >= 11 is 0. The van der Waals surface area contributed by atoms with Crippen LogP contribution in [0.5, 0.6) is 0 Å². The van der Waals surface area contributed by atoms with Gasteiger partial charge in [0, 0.05) is 41.8 Å². The molecule has 5 saturated carbocycles. The number of ether oxygens (including phenoxy) is 2. The number of nitrogens with one attached hydrogen (secondary N) is 2. The Labute approximate surface area is 281 Å². The zero-order valence-electron chi connectivity index (χ0n) is 28.8. The molecule has 5 aliphatic carbocycles. The summed E-state index contributed by atoms with van der Waals surface area (Å²) < 4.78 is 13.7. The molecular weight excluding hydrogens is 586 g/mol. The summed E-state index contributed by atoms with van der Waals surface area (Å²) in [6, 6.07) is 16.7. The van der Waals surface area contributed by atoms with Crippen molar-refractivity contribution in [1.29, 1.82) is 0 Å². The van der Waals surface area contributed by atoms with Crippen molar-refractivity contribution in [2.75, 3.05) is 18.4 Å². The van der Waals surface area contributed by atoms with E-state index in [-0.39, 0.29) is 36.3 Å². The molecule has 6 atom stereocenters. The van der Waals surface area contributed by atoms with Crippen molar-refractivity contribution in [3.8, 4) is 0 Å². The SMILES string of the molecule is C[C@@H]1[C@H](CN2CC3(C)CC2CC(C)(C)C3)O[C@H](c2cccc(NC(=O)NC34CC5CC(CC(C5)C3)C4)c2)O[C@@H]1c1ccc(CO)cc1. The van der Waals surface area contributed by atoms with Crippen LogP contribution in [0.4, 0.5) is 10.5 Å². The van der Waals surface area contributed by atoms with Crippen LogP contribution in [-0.2, 0) is 16.1 Å². The second-order valence-corrected chi connectivity index (χ2v) is 17.9. The maximum atomic E-state index is 13.4. The summed E-state index contributed by atoms with van der Waals surface area (Å²) in [7, 11) is 0. The van der Waals surface area contributed by atoms with Gasteiger partial charge in [0.25, 0.3) is 0 Å². The molecule has 2 saturated heterocycles. The number of anilines is 1. The second kappa shape index (κ2) is 11.9. The molecule has 0 aromatic heterocycles. The molecule has 254 valence electrons. The van der Waals surface area contributed by atoms with E-state index in [9.17, 15) is 9.90 Å². The van der Waals surface area contributed by atoms with Crippen molar-refractivity contribution in [2.45, 2.75) is 122 Å². The number of hydrogen-bond acceptors (Lipinski definition) is 5.